The lowest BCUT2D eigenvalue weighted by atomic mass is 10.1. The molecule has 1 aliphatic heterocycles. The van der Waals surface area contributed by atoms with Crippen LogP contribution in [0.2, 0.25) is 0 Å². The number of nitrogens with one attached hydrogen (secondary N) is 1. The minimum absolute atomic E-state index is 0.0572. The number of amides is 1. The van der Waals surface area contributed by atoms with Crippen LogP contribution < -0.4 is 4.90 Å². The molecular formula is C16H18N6O. The molecule has 0 unspecified atom stereocenters. The number of carbonyl (C=O) groups is 1. The van der Waals surface area contributed by atoms with Crippen LogP contribution in [0.5, 0.6) is 0 Å². The lowest BCUT2D eigenvalue weighted by molar-refractivity contribution is -0.134. The number of aromatic nitrogens is 3. The van der Waals surface area contributed by atoms with Crippen molar-refractivity contribution in [2.24, 2.45) is 0 Å². The number of nitrogens with zero attached hydrogens (tertiary/aromatic N) is 5. The summed E-state index contributed by atoms with van der Waals surface area (Å²) in [5, 5.41) is 9.70. The first kappa shape index (κ1) is 14.0. The van der Waals surface area contributed by atoms with Crippen molar-refractivity contribution < 1.29 is 4.79 Å². The number of fused-ring (bicyclic) bond motifs is 1. The summed E-state index contributed by atoms with van der Waals surface area (Å²) in [5.41, 5.74) is 0.783. The summed E-state index contributed by atoms with van der Waals surface area (Å²) in [4.78, 5) is 28.4. The van der Waals surface area contributed by atoms with Gasteiger partial charge in [-0.3, -0.25) is 4.79 Å². The predicted octanol–water partition coefficient (Wildman–Crippen LogP) is 1.44. The highest BCUT2D eigenvalue weighted by Gasteiger charge is 2.53. The Labute approximate surface area is 133 Å². The third-order valence-corrected chi connectivity index (χ3v) is 4.86. The van der Waals surface area contributed by atoms with E-state index < -0.39 is 0 Å². The number of hydrogen-bond acceptors (Lipinski definition) is 5. The normalized spacial score (nSPS) is 19.1. The molecule has 0 aromatic carbocycles. The smallest absolute Gasteiger partial charge is 0.224 e. The van der Waals surface area contributed by atoms with Crippen molar-refractivity contribution in [3.05, 3.63) is 18.6 Å². The van der Waals surface area contributed by atoms with Gasteiger partial charge in [-0.15, -0.1) is 0 Å². The van der Waals surface area contributed by atoms with Crippen molar-refractivity contribution in [1.29, 1.82) is 5.26 Å². The minimum atomic E-state index is -0.0572. The lowest BCUT2D eigenvalue weighted by Gasteiger charge is -2.42. The number of anilines is 1. The van der Waals surface area contributed by atoms with E-state index in [2.05, 4.69) is 25.9 Å². The Kier molecular flexibility index (Phi) is 3.18. The van der Waals surface area contributed by atoms with E-state index in [1.54, 1.807) is 6.33 Å². The number of piperazine rings is 1. The van der Waals surface area contributed by atoms with Crippen molar-refractivity contribution in [2.75, 3.05) is 24.5 Å². The molecule has 1 saturated heterocycles. The summed E-state index contributed by atoms with van der Waals surface area (Å²) < 4.78 is 0. The molecule has 0 atom stereocenters. The highest BCUT2D eigenvalue weighted by atomic mass is 16.2. The molecule has 7 heteroatoms. The van der Waals surface area contributed by atoms with Gasteiger partial charge in [-0.05, 0) is 18.9 Å². The molecule has 1 saturated carbocycles. The standard InChI is InChI=1S/C16H18N6O/c17-6-1-2-13(23)22-9-8-21(10-16(22)4-5-16)15-12-3-7-18-14(12)19-11-20-15/h3,7,11H,1-2,4-5,8-10H2,(H,18,19,20). The Morgan fingerprint density at radius 3 is 3.04 bits per heavy atom. The zero-order chi connectivity index (χ0) is 15.9. The van der Waals surface area contributed by atoms with Crippen LogP contribution in [0, 0.1) is 11.3 Å². The summed E-state index contributed by atoms with van der Waals surface area (Å²) >= 11 is 0. The highest BCUT2D eigenvalue weighted by Crippen LogP contribution is 2.45. The van der Waals surface area contributed by atoms with Crippen molar-refractivity contribution in [2.45, 2.75) is 31.2 Å². The predicted molar refractivity (Wildman–Crippen MR) is 84.6 cm³/mol. The second kappa shape index (κ2) is 5.23. The van der Waals surface area contributed by atoms with Crippen LogP contribution >= 0.6 is 0 Å². The number of aromatic amines is 1. The second-order valence-electron chi connectivity index (χ2n) is 6.29. The second-order valence-corrected chi connectivity index (χ2v) is 6.29. The summed E-state index contributed by atoms with van der Waals surface area (Å²) in [6.07, 6.45) is 6.14. The molecule has 23 heavy (non-hydrogen) atoms. The third kappa shape index (κ3) is 2.31. The maximum absolute atomic E-state index is 12.4. The Morgan fingerprint density at radius 1 is 1.39 bits per heavy atom. The number of nitriles is 1. The van der Waals surface area contributed by atoms with Crippen molar-refractivity contribution in [1.82, 2.24) is 19.9 Å². The average molecular weight is 310 g/mol. The number of carbonyl (C=O) groups excluding carboxylic acids is 1. The lowest BCUT2D eigenvalue weighted by Crippen LogP contribution is -2.57. The molecular weight excluding hydrogens is 292 g/mol. The summed E-state index contributed by atoms with van der Waals surface area (Å²) in [5.74, 6) is 1.05. The van der Waals surface area contributed by atoms with E-state index in [1.807, 2.05) is 17.2 Å². The van der Waals surface area contributed by atoms with E-state index >= 15 is 0 Å². The number of hydrogen-bond donors (Lipinski definition) is 1. The van der Waals surface area contributed by atoms with Gasteiger partial charge in [0.05, 0.1) is 17.0 Å². The van der Waals surface area contributed by atoms with Crippen LogP contribution in [0.1, 0.15) is 25.7 Å². The quantitative estimate of drug-likeness (QED) is 0.926. The molecule has 1 aliphatic carbocycles. The SMILES string of the molecule is N#CCCC(=O)N1CCN(c2ncnc3[nH]ccc23)CC12CC2. The average Bonchev–Trinajstić information content (AvgIpc) is 3.15. The third-order valence-electron chi connectivity index (χ3n) is 4.86. The highest BCUT2D eigenvalue weighted by molar-refractivity contribution is 5.87. The van der Waals surface area contributed by atoms with Gasteiger partial charge >= 0.3 is 0 Å². The molecule has 1 spiro atoms. The first-order valence-electron chi connectivity index (χ1n) is 7.94. The van der Waals surface area contributed by atoms with E-state index in [1.165, 1.54) is 0 Å². The molecule has 118 valence electrons. The van der Waals surface area contributed by atoms with Gasteiger partial charge in [0.25, 0.3) is 0 Å². The largest absolute Gasteiger partial charge is 0.352 e. The molecule has 2 aliphatic rings. The van der Waals surface area contributed by atoms with Crippen molar-refractivity contribution in [3.63, 3.8) is 0 Å². The fourth-order valence-electron chi connectivity index (χ4n) is 3.53. The molecule has 2 aromatic rings. The fourth-order valence-corrected chi connectivity index (χ4v) is 3.53. The zero-order valence-electron chi connectivity index (χ0n) is 12.8. The van der Waals surface area contributed by atoms with Gasteiger partial charge in [0, 0.05) is 38.7 Å². The number of H-pyrrole nitrogens is 1. The summed E-state index contributed by atoms with van der Waals surface area (Å²) in [7, 11) is 0. The molecule has 0 bridgehead atoms. The van der Waals surface area contributed by atoms with Gasteiger partial charge in [-0.2, -0.15) is 5.26 Å². The molecule has 1 N–H and O–H groups in total. The van der Waals surface area contributed by atoms with Crippen molar-refractivity contribution >= 4 is 22.8 Å². The Balaban J connectivity index is 1.56. The molecule has 0 radical (unpaired) electrons. The van der Waals surface area contributed by atoms with Gasteiger partial charge in [-0.1, -0.05) is 0 Å². The van der Waals surface area contributed by atoms with E-state index in [0.717, 1.165) is 42.8 Å². The van der Waals surface area contributed by atoms with Crippen molar-refractivity contribution in [3.8, 4) is 6.07 Å². The van der Waals surface area contributed by atoms with Crippen LogP contribution in [0.4, 0.5) is 5.82 Å². The maximum Gasteiger partial charge on any atom is 0.224 e. The van der Waals surface area contributed by atoms with Crippen LogP contribution in [0.25, 0.3) is 11.0 Å². The van der Waals surface area contributed by atoms with Gasteiger partial charge in [-0.25, -0.2) is 9.97 Å². The van der Waals surface area contributed by atoms with E-state index in [-0.39, 0.29) is 11.4 Å². The Hall–Kier alpha value is -2.62. The van der Waals surface area contributed by atoms with Gasteiger partial charge in [0.15, 0.2) is 0 Å². The van der Waals surface area contributed by atoms with Gasteiger partial charge < -0.3 is 14.8 Å². The molecule has 7 nitrogen and oxygen atoms in total. The minimum Gasteiger partial charge on any atom is -0.352 e. The summed E-state index contributed by atoms with van der Waals surface area (Å²) in [6.45, 7) is 2.26. The first-order chi connectivity index (χ1) is 11.2. The fraction of sp³-hybridized carbons (Fsp3) is 0.500. The van der Waals surface area contributed by atoms with Crippen LogP contribution in [-0.2, 0) is 4.79 Å². The van der Waals surface area contributed by atoms with Crippen LogP contribution in [-0.4, -0.2) is 50.9 Å². The molecule has 2 fully saturated rings. The zero-order valence-corrected chi connectivity index (χ0v) is 12.8. The van der Waals surface area contributed by atoms with Crippen LogP contribution in [0.15, 0.2) is 18.6 Å². The van der Waals surface area contributed by atoms with Gasteiger partial charge in [0.1, 0.15) is 17.8 Å². The molecule has 3 heterocycles. The molecule has 4 rings (SSSR count). The van der Waals surface area contributed by atoms with E-state index in [0.29, 0.717) is 19.4 Å². The Bertz CT molecular complexity index is 787. The summed E-state index contributed by atoms with van der Waals surface area (Å²) in [6, 6.07) is 4.05. The monoisotopic (exact) mass is 310 g/mol. The van der Waals surface area contributed by atoms with E-state index in [9.17, 15) is 4.79 Å². The van der Waals surface area contributed by atoms with E-state index in [4.69, 9.17) is 5.26 Å². The molecule has 2 aromatic heterocycles. The van der Waals surface area contributed by atoms with Crippen LogP contribution in [0.3, 0.4) is 0 Å². The first-order valence-corrected chi connectivity index (χ1v) is 7.94. The maximum atomic E-state index is 12.4. The Morgan fingerprint density at radius 2 is 2.26 bits per heavy atom. The number of rotatable bonds is 3. The molecule has 1 amide bonds. The topological polar surface area (TPSA) is 88.9 Å². The van der Waals surface area contributed by atoms with Gasteiger partial charge in [0.2, 0.25) is 5.91 Å².